The predicted octanol–water partition coefficient (Wildman–Crippen LogP) is 28.6. The number of nitrogens with zero attached hydrogens (tertiary/aromatic N) is 1. The van der Waals surface area contributed by atoms with Crippen molar-refractivity contribution in [3.8, 4) is 0 Å². The zero-order valence-corrected chi connectivity index (χ0v) is 68.2. The lowest BCUT2D eigenvalue weighted by atomic mass is 10.0. The number of esters is 2. The van der Waals surface area contributed by atoms with E-state index < -0.39 is 24.3 Å². The zero-order chi connectivity index (χ0) is 74.6. The van der Waals surface area contributed by atoms with E-state index in [1.54, 1.807) is 0 Å². The van der Waals surface area contributed by atoms with Crippen LogP contribution in [0.5, 0.6) is 0 Å². The number of carbonyl (C=O) groups excluding carboxylic acids is 2. The molecule has 0 aliphatic carbocycles. The fourth-order valence-electron chi connectivity index (χ4n) is 12.6. The van der Waals surface area contributed by atoms with Crippen LogP contribution in [0.3, 0.4) is 0 Å². The number of hydrogen-bond donors (Lipinski definition) is 1. The minimum Gasteiger partial charge on any atom is -0.477 e. The fourth-order valence-corrected chi connectivity index (χ4v) is 12.6. The molecule has 1 N–H and O–H groups in total. The number of allylic oxidation sites excluding steroid dienone is 20. The van der Waals surface area contributed by atoms with Gasteiger partial charge in [-0.05, 0) is 109 Å². The summed E-state index contributed by atoms with van der Waals surface area (Å²) >= 11 is 0. The molecule has 0 aromatic carbocycles. The van der Waals surface area contributed by atoms with Crippen molar-refractivity contribution >= 4 is 17.9 Å². The van der Waals surface area contributed by atoms with Gasteiger partial charge in [0, 0.05) is 12.8 Å². The third-order valence-corrected chi connectivity index (χ3v) is 19.2. The molecule has 9 heteroatoms. The molecule has 0 saturated carbocycles. The number of likely N-dealkylation sites (N-methyl/N-ethyl adjacent to an activating group) is 1. The molecule has 9 nitrogen and oxygen atoms in total. The van der Waals surface area contributed by atoms with E-state index >= 15 is 0 Å². The molecule has 594 valence electrons. The number of aliphatic carboxylic acids is 1. The van der Waals surface area contributed by atoms with E-state index in [0.717, 1.165) is 96.3 Å². The van der Waals surface area contributed by atoms with Crippen LogP contribution in [0.4, 0.5) is 0 Å². The molecule has 0 radical (unpaired) electrons. The second kappa shape index (κ2) is 83.3. The lowest BCUT2D eigenvalue weighted by molar-refractivity contribution is -0.870. The first-order chi connectivity index (χ1) is 50.6. The average Bonchev–Trinajstić information content (AvgIpc) is 1.16. The zero-order valence-electron chi connectivity index (χ0n) is 68.2. The molecule has 2 unspecified atom stereocenters. The molecule has 2 atom stereocenters. The molecule has 0 bridgehead atoms. The summed E-state index contributed by atoms with van der Waals surface area (Å²) < 4.78 is 23.1. The number of ether oxygens (including phenoxy) is 4. The number of rotatable bonds is 81. The monoisotopic (exact) mass is 1440 g/mol. The molecular weight excluding hydrogens is 1270 g/mol. The Morgan fingerprint density at radius 1 is 0.301 bits per heavy atom. The fraction of sp³-hybridized carbons (Fsp3) is 0.755. The van der Waals surface area contributed by atoms with E-state index in [1.807, 2.05) is 21.1 Å². The normalized spacial score (nSPS) is 13.2. The Kier molecular flexibility index (Phi) is 79.8. The van der Waals surface area contributed by atoms with Crippen molar-refractivity contribution in [1.29, 1.82) is 0 Å². The van der Waals surface area contributed by atoms with E-state index in [1.165, 1.54) is 276 Å². The standard InChI is InChI=1S/C94H165NO8/c1-6-8-10-12-14-16-18-20-22-24-26-28-30-32-34-36-38-40-42-44-45-46-47-49-50-52-54-56-58-60-62-64-66-68-70-72-74-76-78-80-82-84-91(96)101-88-90(89-102-94(93(98)99)100-87-86-95(3,4)5)103-92(97)85-83-81-79-77-75-73-71-69-67-65-63-61-59-57-55-53-51-48-43-41-39-37-35-33-31-29-27-25-23-21-19-17-15-13-11-9-7-2/h9,11,15,17-18,20-21,23-24,26-27,29-30,32-33,35,39,41,48,51,90,94H,6-8,10,12-14,16,19,22,25,28,31,34,36-38,40,42-47,49-50,52-89H2,1-5H3/p+1/b11-9-,17-15-,20-18-,23-21-,26-24-,29-27-,32-30-,35-33-,41-39-,51-48-. The Morgan fingerprint density at radius 2 is 0.553 bits per heavy atom. The van der Waals surface area contributed by atoms with Crippen molar-refractivity contribution < 1.29 is 42.9 Å². The van der Waals surface area contributed by atoms with E-state index in [9.17, 15) is 19.5 Å². The molecule has 0 aromatic rings. The van der Waals surface area contributed by atoms with Crippen molar-refractivity contribution in [2.75, 3.05) is 47.5 Å². The Morgan fingerprint density at radius 3 is 0.825 bits per heavy atom. The molecule has 0 aliphatic rings. The first-order valence-electron chi connectivity index (χ1n) is 43.7. The topological polar surface area (TPSA) is 108 Å². The molecule has 0 aliphatic heterocycles. The molecule has 103 heavy (non-hydrogen) atoms. The largest absolute Gasteiger partial charge is 0.477 e. The summed E-state index contributed by atoms with van der Waals surface area (Å²) in [5.74, 6) is -1.99. The van der Waals surface area contributed by atoms with Crippen molar-refractivity contribution in [1.82, 2.24) is 0 Å². The summed E-state index contributed by atoms with van der Waals surface area (Å²) in [6.45, 7) is 4.80. The van der Waals surface area contributed by atoms with Crippen LogP contribution in [0.15, 0.2) is 122 Å². The maximum atomic E-state index is 13.0. The summed E-state index contributed by atoms with van der Waals surface area (Å²) in [6, 6.07) is 0. The summed E-state index contributed by atoms with van der Waals surface area (Å²) in [6.07, 6.45) is 117. The van der Waals surface area contributed by atoms with E-state index in [4.69, 9.17) is 18.9 Å². The van der Waals surface area contributed by atoms with Crippen LogP contribution < -0.4 is 0 Å². The third-order valence-electron chi connectivity index (χ3n) is 19.2. The van der Waals surface area contributed by atoms with Gasteiger partial charge in [-0.15, -0.1) is 0 Å². The lowest BCUT2D eigenvalue weighted by Gasteiger charge is -2.25. The average molecular weight is 1440 g/mol. The predicted molar refractivity (Wildman–Crippen MR) is 447 cm³/mol. The van der Waals surface area contributed by atoms with Crippen LogP contribution in [-0.2, 0) is 33.3 Å². The van der Waals surface area contributed by atoms with Crippen LogP contribution in [0.25, 0.3) is 0 Å². The van der Waals surface area contributed by atoms with Gasteiger partial charge in [-0.1, -0.05) is 399 Å². The molecule has 0 rings (SSSR count). The number of carbonyl (C=O) groups is 3. The van der Waals surface area contributed by atoms with Crippen molar-refractivity contribution in [3.05, 3.63) is 122 Å². The Hall–Kier alpha value is -4.31. The molecular formula is C94H166NO8+. The number of hydrogen-bond acceptors (Lipinski definition) is 7. The van der Waals surface area contributed by atoms with Crippen molar-refractivity contribution in [2.45, 2.75) is 411 Å². The number of quaternary nitrogens is 1. The maximum Gasteiger partial charge on any atom is 0.361 e. The van der Waals surface area contributed by atoms with Gasteiger partial charge in [0.05, 0.1) is 34.4 Å². The smallest absolute Gasteiger partial charge is 0.361 e. The van der Waals surface area contributed by atoms with Crippen LogP contribution in [0.1, 0.15) is 399 Å². The Bertz CT molecular complexity index is 2120. The minimum atomic E-state index is -1.52. The highest BCUT2D eigenvalue weighted by Gasteiger charge is 2.25. The maximum absolute atomic E-state index is 13.0. The second-order valence-electron chi connectivity index (χ2n) is 30.5. The van der Waals surface area contributed by atoms with Gasteiger partial charge in [0.15, 0.2) is 6.10 Å². The van der Waals surface area contributed by atoms with Crippen LogP contribution in [0.2, 0.25) is 0 Å². The first-order valence-corrected chi connectivity index (χ1v) is 43.7. The molecule has 0 amide bonds. The van der Waals surface area contributed by atoms with Crippen LogP contribution in [0, 0.1) is 0 Å². The van der Waals surface area contributed by atoms with E-state index in [2.05, 4.69) is 135 Å². The van der Waals surface area contributed by atoms with Gasteiger partial charge in [0.25, 0.3) is 6.29 Å². The number of carboxylic acid groups (broad SMARTS) is 1. The van der Waals surface area contributed by atoms with Gasteiger partial charge in [0.2, 0.25) is 0 Å². The van der Waals surface area contributed by atoms with Crippen molar-refractivity contribution in [3.63, 3.8) is 0 Å². The quantitative estimate of drug-likeness (QED) is 0.0211. The first kappa shape index (κ1) is 98.7. The number of carboxylic acids is 1. The highest BCUT2D eigenvalue weighted by molar-refractivity contribution is 5.71. The van der Waals surface area contributed by atoms with Gasteiger partial charge in [0.1, 0.15) is 13.2 Å². The van der Waals surface area contributed by atoms with Gasteiger partial charge in [-0.2, -0.15) is 0 Å². The SMILES string of the molecule is CC/C=C\C/C=C\C/C=C\C/C=C\C/C=C\C/C=C\C/C=C\CCCCCCCCCCCCCCCCCC(=O)OC(COC(=O)CCCCCCCCCCCCCCCCCCCCCCCCCCCC/C=C\C/C=C\C/C=C\CCCCCCC)COC(OCC[N+](C)(C)C)C(=O)O. The number of unbranched alkanes of at least 4 members (excludes halogenated alkanes) is 46. The van der Waals surface area contributed by atoms with Crippen LogP contribution in [-0.4, -0.2) is 87.4 Å². The summed E-state index contributed by atoms with van der Waals surface area (Å²) in [5, 5.41) is 9.79. The molecule has 0 aromatic heterocycles. The van der Waals surface area contributed by atoms with Crippen molar-refractivity contribution in [2.24, 2.45) is 0 Å². The van der Waals surface area contributed by atoms with E-state index in [0.29, 0.717) is 17.4 Å². The summed E-state index contributed by atoms with van der Waals surface area (Å²) in [7, 11) is 5.99. The summed E-state index contributed by atoms with van der Waals surface area (Å²) in [4.78, 5) is 37.8. The van der Waals surface area contributed by atoms with Gasteiger partial charge >= 0.3 is 17.9 Å². The summed E-state index contributed by atoms with van der Waals surface area (Å²) in [5.41, 5.74) is 0. The van der Waals surface area contributed by atoms with Gasteiger partial charge in [-0.25, -0.2) is 4.79 Å². The van der Waals surface area contributed by atoms with Gasteiger partial charge < -0.3 is 28.5 Å². The lowest BCUT2D eigenvalue weighted by Crippen LogP contribution is -2.40. The molecule has 0 saturated heterocycles. The highest BCUT2D eigenvalue weighted by Crippen LogP contribution is 2.20. The Labute approximate surface area is 637 Å². The van der Waals surface area contributed by atoms with Crippen LogP contribution >= 0.6 is 0 Å². The Balaban J connectivity index is 3.96. The van der Waals surface area contributed by atoms with E-state index in [-0.39, 0.29) is 32.2 Å². The molecule has 0 heterocycles. The third kappa shape index (κ3) is 84.8. The minimum absolute atomic E-state index is 0.182. The molecule has 0 spiro atoms. The highest BCUT2D eigenvalue weighted by atomic mass is 16.7. The second-order valence-corrected chi connectivity index (χ2v) is 30.5. The van der Waals surface area contributed by atoms with Gasteiger partial charge in [-0.3, -0.25) is 9.59 Å². The molecule has 0 fully saturated rings.